The van der Waals surface area contributed by atoms with Gasteiger partial charge in [0.2, 0.25) is 0 Å². The molecule has 6 heteroatoms. The van der Waals surface area contributed by atoms with Gasteiger partial charge in [-0.05, 0) is 25.7 Å². The highest BCUT2D eigenvalue weighted by atomic mass is 16.6. The summed E-state index contributed by atoms with van der Waals surface area (Å²) < 4.78 is 5.41. The number of nitro benzene ring substituents is 1. The van der Waals surface area contributed by atoms with E-state index < -0.39 is 4.92 Å². The standard InChI is InChI=1S/C14H21N3O3/c1-3-20-13-7-11(6-12(8-13)17(18)19)16(2)14(9-15)10-4-5-10/h6-8,10,14H,3-5,9,15H2,1-2H3. The number of rotatable bonds is 7. The average Bonchev–Trinajstić information content (AvgIpc) is 3.24. The van der Waals surface area contributed by atoms with Gasteiger partial charge in [0, 0.05) is 37.5 Å². The first-order valence-corrected chi connectivity index (χ1v) is 6.92. The topological polar surface area (TPSA) is 81.6 Å². The highest BCUT2D eigenvalue weighted by Gasteiger charge is 2.33. The summed E-state index contributed by atoms with van der Waals surface area (Å²) in [5.74, 6) is 1.12. The van der Waals surface area contributed by atoms with Crippen LogP contribution >= 0.6 is 0 Å². The van der Waals surface area contributed by atoms with Crippen molar-refractivity contribution < 1.29 is 9.66 Å². The number of benzene rings is 1. The van der Waals surface area contributed by atoms with E-state index in [0.29, 0.717) is 24.8 Å². The first-order valence-electron chi connectivity index (χ1n) is 6.92. The minimum atomic E-state index is -0.394. The Kier molecular flexibility index (Phi) is 4.44. The van der Waals surface area contributed by atoms with Crippen LogP contribution in [-0.4, -0.2) is 31.2 Å². The summed E-state index contributed by atoms with van der Waals surface area (Å²) in [7, 11) is 1.94. The Morgan fingerprint density at radius 3 is 2.70 bits per heavy atom. The number of non-ortho nitro benzene ring substituents is 1. The second kappa shape index (κ2) is 6.09. The molecule has 1 atom stereocenters. The lowest BCUT2D eigenvalue weighted by atomic mass is 10.1. The van der Waals surface area contributed by atoms with Crippen LogP contribution in [0.1, 0.15) is 19.8 Å². The molecule has 0 radical (unpaired) electrons. The molecule has 1 aromatic rings. The van der Waals surface area contributed by atoms with Crippen LogP contribution in [0.15, 0.2) is 18.2 Å². The van der Waals surface area contributed by atoms with E-state index in [0.717, 1.165) is 5.69 Å². The molecule has 0 saturated heterocycles. The number of nitrogens with two attached hydrogens (primary N) is 1. The monoisotopic (exact) mass is 279 g/mol. The number of anilines is 1. The van der Waals surface area contributed by atoms with Crippen LogP contribution in [0.5, 0.6) is 5.75 Å². The molecule has 0 amide bonds. The van der Waals surface area contributed by atoms with E-state index >= 15 is 0 Å². The molecule has 0 bridgehead atoms. The van der Waals surface area contributed by atoms with Gasteiger partial charge in [-0.1, -0.05) is 0 Å². The van der Waals surface area contributed by atoms with Crippen molar-refractivity contribution in [2.45, 2.75) is 25.8 Å². The largest absolute Gasteiger partial charge is 0.494 e. The Hall–Kier alpha value is -1.82. The molecular formula is C14H21N3O3. The highest BCUT2D eigenvalue weighted by Crippen LogP contribution is 2.37. The minimum absolute atomic E-state index is 0.0457. The number of nitrogens with zero attached hydrogens (tertiary/aromatic N) is 2. The Balaban J connectivity index is 2.30. The lowest BCUT2D eigenvalue weighted by Crippen LogP contribution is -2.39. The van der Waals surface area contributed by atoms with Crippen molar-refractivity contribution in [3.63, 3.8) is 0 Å². The summed E-state index contributed by atoms with van der Waals surface area (Å²) in [6, 6.07) is 5.09. The van der Waals surface area contributed by atoms with Crippen LogP contribution in [0.3, 0.4) is 0 Å². The van der Waals surface area contributed by atoms with Crippen molar-refractivity contribution in [2.24, 2.45) is 11.7 Å². The number of likely N-dealkylation sites (N-methyl/N-ethyl adjacent to an activating group) is 1. The maximum Gasteiger partial charge on any atom is 0.275 e. The first-order chi connectivity index (χ1) is 9.56. The molecule has 6 nitrogen and oxygen atoms in total. The zero-order chi connectivity index (χ0) is 14.7. The fraction of sp³-hybridized carbons (Fsp3) is 0.571. The molecule has 0 aliphatic heterocycles. The molecule has 0 aromatic heterocycles. The van der Waals surface area contributed by atoms with Gasteiger partial charge >= 0.3 is 0 Å². The molecule has 1 aromatic carbocycles. The Morgan fingerprint density at radius 2 is 2.20 bits per heavy atom. The minimum Gasteiger partial charge on any atom is -0.494 e. The number of ether oxygens (including phenoxy) is 1. The van der Waals surface area contributed by atoms with E-state index in [9.17, 15) is 10.1 Å². The number of hydrogen-bond donors (Lipinski definition) is 1. The lowest BCUT2D eigenvalue weighted by Gasteiger charge is -2.29. The molecule has 110 valence electrons. The van der Waals surface area contributed by atoms with Crippen molar-refractivity contribution in [2.75, 3.05) is 25.1 Å². The molecule has 1 unspecified atom stereocenters. The normalized spacial score (nSPS) is 15.8. The summed E-state index contributed by atoms with van der Waals surface area (Å²) in [4.78, 5) is 12.7. The van der Waals surface area contributed by atoms with Gasteiger partial charge in [-0.3, -0.25) is 10.1 Å². The van der Waals surface area contributed by atoms with E-state index in [1.807, 2.05) is 24.9 Å². The molecule has 1 aliphatic rings. The van der Waals surface area contributed by atoms with Crippen molar-refractivity contribution in [3.8, 4) is 5.75 Å². The fourth-order valence-electron chi connectivity index (χ4n) is 2.47. The molecule has 2 rings (SSSR count). The predicted molar refractivity (Wildman–Crippen MR) is 78.2 cm³/mol. The quantitative estimate of drug-likeness (QED) is 0.611. The lowest BCUT2D eigenvalue weighted by molar-refractivity contribution is -0.384. The molecule has 20 heavy (non-hydrogen) atoms. The van der Waals surface area contributed by atoms with Gasteiger partial charge in [-0.25, -0.2) is 0 Å². The van der Waals surface area contributed by atoms with Crippen molar-refractivity contribution in [3.05, 3.63) is 28.3 Å². The average molecular weight is 279 g/mol. The SMILES string of the molecule is CCOc1cc(N(C)C(CN)C2CC2)cc([N+](=O)[O-])c1. The van der Waals surface area contributed by atoms with Crippen molar-refractivity contribution >= 4 is 11.4 Å². The van der Waals surface area contributed by atoms with Gasteiger partial charge in [0.25, 0.3) is 5.69 Å². The van der Waals surface area contributed by atoms with Gasteiger partial charge in [0.1, 0.15) is 5.75 Å². The van der Waals surface area contributed by atoms with Crippen LogP contribution in [-0.2, 0) is 0 Å². The van der Waals surface area contributed by atoms with E-state index in [1.54, 1.807) is 6.07 Å². The summed E-state index contributed by atoms with van der Waals surface area (Å²) in [5, 5.41) is 11.0. The van der Waals surface area contributed by atoms with Gasteiger partial charge in [-0.2, -0.15) is 0 Å². The Bertz CT molecular complexity index is 489. The highest BCUT2D eigenvalue weighted by molar-refractivity contribution is 5.58. The molecule has 1 aliphatic carbocycles. The van der Waals surface area contributed by atoms with E-state index in [2.05, 4.69) is 0 Å². The van der Waals surface area contributed by atoms with Crippen LogP contribution in [0.25, 0.3) is 0 Å². The van der Waals surface area contributed by atoms with Crippen LogP contribution in [0.4, 0.5) is 11.4 Å². The predicted octanol–water partition coefficient (Wildman–Crippen LogP) is 2.17. The molecule has 1 fully saturated rings. The maximum absolute atomic E-state index is 11.0. The fourth-order valence-corrected chi connectivity index (χ4v) is 2.47. The Labute approximate surface area is 118 Å². The van der Waals surface area contributed by atoms with Crippen LogP contribution < -0.4 is 15.4 Å². The third kappa shape index (κ3) is 3.19. The van der Waals surface area contributed by atoms with E-state index in [4.69, 9.17) is 10.5 Å². The summed E-state index contributed by atoms with van der Waals surface area (Å²) in [6.45, 7) is 2.89. The zero-order valence-corrected chi connectivity index (χ0v) is 11.9. The second-order valence-electron chi connectivity index (χ2n) is 5.13. The molecular weight excluding hydrogens is 258 g/mol. The first kappa shape index (κ1) is 14.6. The zero-order valence-electron chi connectivity index (χ0n) is 11.9. The smallest absolute Gasteiger partial charge is 0.275 e. The third-order valence-corrected chi connectivity index (χ3v) is 3.71. The second-order valence-corrected chi connectivity index (χ2v) is 5.13. The van der Waals surface area contributed by atoms with Gasteiger partial charge in [0.05, 0.1) is 17.6 Å². The number of nitro groups is 1. The maximum atomic E-state index is 11.0. The molecule has 2 N–H and O–H groups in total. The van der Waals surface area contributed by atoms with Crippen molar-refractivity contribution in [1.82, 2.24) is 0 Å². The van der Waals surface area contributed by atoms with Crippen LogP contribution in [0, 0.1) is 16.0 Å². The molecule has 1 saturated carbocycles. The summed E-state index contributed by atoms with van der Waals surface area (Å²) >= 11 is 0. The summed E-state index contributed by atoms with van der Waals surface area (Å²) in [6.07, 6.45) is 2.36. The van der Waals surface area contributed by atoms with Crippen LogP contribution in [0.2, 0.25) is 0 Å². The van der Waals surface area contributed by atoms with E-state index in [1.165, 1.54) is 18.9 Å². The summed E-state index contributed by atoms with van der Waals surface area (Å²) in [5.41, 5.74) is 6.67. The van der Waals surface area contributed by atoms with Gasteiger partial charge in [-0.15, -0.1) is 0 Å². The van der Waals surface area contributed by atoms with E-state index in [-0.39, 0.29) is 11.7 Å². The molecule has 0 spiro atoms. The van der Waals surface area contributed by atoms with Gasteiger partial charge < -0.3 is 15.4 Å². The molecule has 0 heterocycles. The van der Waals surface area contributed by atoms with Gasteiger partial charge in [0.15, 0.2) is 0 Å². The van der Waals surface area contributed by atoms with Crippen molar-refractivity contribution in [1.29, 1.82) is 0 Å². The Morgan fingerprint density at radius 1 is 1.50 bits per heavy atom. The third-order valence-electron chi connectivity index (χ3n) is 3.71. The number of hydrogen-bond acceptors (Lipinski definition) is 5.